The monoisotopic (exact) mass is 286 g/mol. The first kappa shape index (κ1) is 14.1. The molecule has 0 saturated heterocycles. The zero-order valence-electron chi connectivity index (χ0n) is 12.8. The van der Waals surface area contributed by atoms with Gasteiger partial charge < -0.3 is 4.74 Å². The summed E-state index contributed by atoms with van der Waals surface area (Å²) in [6, 6.07) is 8.09. The maximum absolute atomic E-state index is 5.79. The molecule has 1 aliphatic rings. The Labute approximate surface area is 125 Å². The van der Waals surface area contributed by atoms with E-state index in [4.69, 9.17) is 10.6 Å². The van der Waals surface area contributed by atoms with Gasteiger partial charge >= 0.3 is 0 Å². The van der Waals surface area contributed by atoms with Crippen molar-refractivity contribution in [1.29, 1.82) is 0 Å². The molecule has 5 heteroatoms. The minimum absolute atomic E-state index is 0.0614. The molecule has 2 aromatic rings. The van der Waals surface area contributed by atoms with Gasteiger partial charge in [0.15, 0.2) is 0 Å². The van der Waals surface area contributed by atoms with Crippen molar-refractivity contribution in [3.63, 3.8) is 0 Å². The summed E-state index contributed by atoms with van der Waals surface area (Å²) in [5.74, 6) is 6.72. The maximum Gasteiger partial charge on any atom is 0.119 e. The Kier molecular flexibility index (Phi) is 3.69. The summed E-state index contributed by atoms with van der Waals surface area (Å²) in [6.45, 7) is 4.07. The zero-order chi connectivity index (χ0) is 15.0. The zero-order valence-corrected chi connectivity index (χ0v) is 12.8. The van der Waals surface area contributed by atoms with Crippen molar-refractivity contribution in [3.05, 3.63) is 46.8 Å². The molecule has 5 nitrogen and oxygen atoms in total. The molecular weight excluding hydrogens is 264 g/mol. The van der Waals surface area contributed by atoms with E-state index in [-0.39, 0.29) is 6.04 Å². The summed E-state index contributed by atoms with van der Waals surface area (Å²) in [5.41, 5.74) is 7.27. The van der Waals surface area contributed by atoms with Crippen LogP contribution >= 0.6 is 0 Å². The van der Waals surface area contributed by atoms with E-state index in [2.05, 4.69) is 29.6 Å². The van der Waals surface area contributed by atoms with Crippen LogP contribution in [0.5, 0.6) is 5.75 Å². The second kappa shape index (κ2) is 5.50. The Balaban J connectivity index is 1.88. The molecule has 1 unspecified atom stereocenters. The number of hydrazine groups is 1. The number of benzene rings is 1. The first-order valence-electron chi connectivity index (χ1n) is 7.33. The van der Waals surface area contributed by atoms with E-state index < -0.39 is 0 Å². The highest BCUT2D eigenvalue weighted by Crippen LogP contribution is 2.30. The lowest BCUT2D eigenvalue weighted by atomic mass is 9.97. The second-order valence-electron chi connectivity index (χ2n) is 5.69. The highest BCUT2D eigenvalue weighted by molar-refractivity contribution is 5.39. The van der Waals surface area contributed by atoms with Crippen LogP contribution in [0.4, 0.5) is 0 Å². The lowest BCUT2D eigenvalue weighted by molar-refractivity contribution is 0.303. The van der Waals surface area contributed by atoms with E-state index in [0.29, 0.717) is 6.10 Å². The van der Waals surface area contributed by atoms with Gasteiger partial charge in [0.05, 0.1) is 17.8 Å². The quantitative estimate of drug-likeness (QED) is 0.653. The van der Waals surface area contributed by atoms with Gasteiger partial charge in [-0.25, -0.2) is 5.43 Å². The van der Waals surface area contributed by atoms with Gasteiger partial charge in [-0.3, -0.25) is 10.5 Å². The molecule has 1 saturated carbocycles. The highest BCUT2D eigenvalue weighted by atomic mass is 16.5. The SMILES string of the molecule is Cc1nn(C)c(C)c1C(NN)c1ccc(OC2CC2)cc1. The molecule has 21 heavy (non-hydrogen) atoms. The van der Waals surface area contributed by atoms with Crippen LogP contribution in [0.3, 0.4) is 0 Å². The molecule has 3 rings (SSSR count). The molecule has 0 spiro atoms. The van der Waals surface area contributed by atoms with Crippen LogP contribution in [0.25, 0.3) is 0 Å². The van der Waals surface area contributed by atoms with Crippen molar-refractivity contribution >= 4 is 0 Å². The Hall–Kier alpha value is -1.85. The van der Waals surface area contributed by atoms with Gasteiger partial charge in [0.25, 0.3) is 0 Å². The van der Waals surface area contributed by atoms with Crippen molar-refractivity contribution in [3.8, 4) is 5.75 Å². The molecule has 0 bridgehead atoms. The largest absolute Gasteiger partial charge is 0.490 e. The van der Waals surface area contributed by atoms with Crippen LogP contribution < -0.4 is 16.0 Å². The predicted octanol–water partition coefficient (Wildman–Crippen LogP) is 2.13. The summed E-state index contributed by atoms with van der Waals surface area (Å²) in [4.78, 5) is 0. The fourth-order valence-corrected chi connectivity index (χ4v) is 2.67. The number of nitrogens with zero attached hydrogens (tertiary/aromatic N) is 2. The number of rotatable bonds is 5. The fourth-order valence-electron chi connectivity index (χ4n) is 2.67. The Bertz CT molecular complexity index is 628. The maximum atomic E-state index is 5.79. The van der Waals surface area contributed by atoms with Crippen LogP contribution in [-0.4, -0.2) is 15.9 Å². The minimum Gasteiger partial charge on any atom is -0.490 e. The molecule has 1 aliphatic carbocycles. The number of hydrogen-bond acceptors (Lipinski definition) is 4. The highest BCUT2D eigenvalue weighted by Gasteiger charge is 2.24. The third-order valence-electron chi connectivity index (χ3n) is 4.06. The second-order valence-corrected chi connectivity index (χ2v) is 5.69. The average Bonchev–Trinajstić information content (AvgIpc) is 3.24. The van der Waals surface area contributed by atoms with Gasteiger partial charge in [-0.2, -0.15) is 5.10 Å². The summed E-state index contributed by atoms with van der Waals surface area (Å²) < 4.78 is 7.67. The number of hydrogen-bond donors (Lipinski definition) is 2. The minimum atomic E-state index is -0.0614. The molecule has 1 atom stereocenters. The van der Waals surface area contributed by atoms with E-state index in [1.54, 1.807) is 0 Å². The Morgan fingerprint density at radius 3 is 2.43 bits per heavy atom. The van der Waals surface area contributed by atoms with Crippen molar-refractivity contribution in [2.75, 3.05) is 0 Å². The van der Waals surface area contributed by atoms with Gasteiger partial charge in [0, 0.05) is 18.3 Å². The van der Waals surface area contributed by atoms with Crippen molar-refractivity contribution < 1.29 is 4.74 Å². The molecule has 1 aromatic carbocycles. The lowest BCUT2D eigenvalue weighted by Crippen LogP contribution is -2.29. The number of nitrogens with two attached hydrogens (primary N) is 1. The number of ether oxygens (including phenoxy) is 1. The first-order chi connectivity index (χ1) is 10.1. The van der Waals surface area contributed by atoms with E-state index in [0.717, 1.165) is 28.3 Å². The van der Waals surface area contributed by atoms with Crippen molar-refractivity contribution in [2.45, 2.75) is 38.8 Å². The molecule has 1 fully saturated rings. The smallest absolute Gasteiger partial charge is 0.119 e. The van der Waals surface area contributed by atoms with E-state index >= 15 is 0 Å². The molecule has 1 heterocycles. The Morgan fingerprint density at radius 1 is 1.29 bits per heavy atom. The first-order valence-corrected chi connectivity index (χ1v) is 7.33. The van der Waals surface area contributed by atoms with Gasteiger partial charge in [0.2, 0.25) is 0 Å². The van der Waals surface area contributed by atoms with Crippen LogP contribution in [0, 0.1) is 13.8 Å². The summed E-state index contributed by atoms with van der Waals surface area (Å²) in [6.07, 6.45) is 2.76. The predicted molar refractivity (Wildman–Crippen MR) is 81.9 cm³/mol. The van der Waals surface area contributed by atoms with Crippen LogP contribution in [0.15, 0.2) is 24.3 Å². The van der Waals surface area contributed by atoms with Gasteiger partial charge in [0.1, 0.15) is 5.75 Å². The molecule has 1 aromatic heterocycles. The van der Waals surface area contributed by atoms with Gasteiger partial charge in [-0.05, 0) is 44.4 Å². The average molecular weight is 286 g/mol. The molecule has 0 amide bonds. The van der Waals surface area contributed by atoms with Gasteiger partial charge in [-0.1, -0.05) is 12.1 Å². The van der Waals surface area contributed by atoms with E-state index in [1.165, 1.54) is 12.8 Å². The summed E-state index contributed by atoms with van der Waals surface area (Å²) in [5, 5.41) is 4.47. The topological polar surface area (TPSA) is 65.1 Å². The summed E-state index contributed by atoms with van der Waals surface area (Å²) >= 11 is 0. The van der Waals surface area contributed by atoms with E-state index in [1.807, 2.05) is 30.8 Å². The van der Waals surface area contributed by atoms with Crippen LogP contribution in [-0.2, 0) is 7.05 Å². The third kappa shape index (κ3) is 2.80. The third-order valence-corrected chi connectivity index (χ3v) is 4.06. The normalized spacial score (nSPS) is 16.0. The summed E-state index contributed by atoms with van der Waals surface area (Å²) in [7, 11) is 1.95. The lowest BCUT2D eigenvalue weighted by Gasteiger charge is -2.18. The van der Waals surface area contributed by atoms with Crippen molar-refractivity contribution in [1.82, 2.24) is 15.2 Å². The van der Waals surface area contributed by atoms with E-state index in [9.17, 15) is 0 Å². The fraction of sp³-hybridized carbons (Fsp3) is 0.438. The number of aryl methyl sites for hydroxylation is 2. The van der Waals surface area contributed by atoms with Crippen LogP contribution in [0.1, 0.15) is 41.4 Å². The number of aromatic nitrogens is 2. The molecule has 3 N–H and O–H groups in total. The van der Waals surface area contributed by atoms with Gasteiger partial charge in [-0.15, -0.1) is 0 Å². The molecule has 0 aliphatic heterocycles. The van der Waals surface area contributed by atoms with Crippen LogP contribution in [0.2, 0.25) is 0 Å². The Morgan fingerprint density at radius 2 is 1.95 bits per heavy atom. The van der Waals surface area contributed by atoms with Crippen molar-refractivity contribution in [2.24, 2.45) is 12.9 Å². The molecular formula is C16H22N4O. The molecule has 0 radical (unpaired) electrons. The standard InChI is InChI=1S/C16H22N4O/c1-10-15(11(2)20(3)19-10)16(18-17)12-4-6-13(7-5-12)21-14-8-9-14/h4-7,14,16,18H,8-9,17H2,1-3H3. The molecule has 112 valence electrons. The number of nitrogens with one attached hydrogen (secondary N) is 1.